The maximum Gasteiger partial charge on any atom is 0.0587 e. The van der Waals surface area contributed by atoms with E-state index in [2.05, 4.69) is 58.8 Å². The van der Waals surface area contributed by atoms with Gasteiger partial charge in [0.2, 0.25) is 0 Å². The van der Waals surface area contributed by atoms with Crippen molar-refractivity contribution in [3.8, 4) is 11.1 Å². The minimum atomic E-state index is 0.413. The van der Waals surface area contributed by atoms with Gasteiger partial charge in [0.15, 0.2) is 0 Å². The second-order valence-corrected chi connectivity index (χ2v) is 6.54. The lowest BCUT2D eigenvalue weighted by molar-refractivity contribution is 0.194. The van der Waals surface area contributed by atoms with Crippen LogP contribution in [0, 0.1) is 0 Å². The quantitative estimate of drug-likeness (QED) is 0.682. The lowest BCUT2D eigenvalue weighted by Gasteiger charge is -2.23. The minimum absolute atomic E-state index is 0.413. The third kappa shape index (κ3) is 2.85. The standard InChI is InChI=1S/C21H24N2O/c1-24-13-12-22-20-9-5-8-17-18-14-16(15-6-3-2-4-7-15)10-11-19(18)23-21(17)20/h2-4,6-7,10-11,14,20,22-23H,5,8-9,12-13H2,1H3. The maximum absolute atomic E-state index is 5.17. The van der Waals surface area contributed by atoms with Gasteiger partial charge in [0.05, 0.1) is 6.61 Å². The van der Waals surface area contributed by atoms with Gasteiger partial charge in [-0.2, -0.15) is 0 Å². The number of hydrogen-bond donors (Lipinski definition) is 2. The fourth-order valence-electron chi connectivity index (χ4n) is 3.81. The van der Waals surface area contributed by atoms with Crippen molar-refractivity contribution in [1.82, 2.24) is 10.3 Å². The normalized spacial score (nSPS) is 17.1. The number of nitrogens with one attached hydrogen (secondary N) is 2. The average Bonchev–Trinajstić information content (AvgIpc) is 3.01. The number of ether oxygens (including phenoxy) is 1. The monoisotopic (exact) mass is 320 g/mol. The van der Waals surface area contributed by atoms with Crippen molar-refractivity contribution < 1.29 is 4.74 Å². The minimum Gasteiger partial charge on any atom is -0.383 e. The summed E-state index contributed by atoms with van der Waals surface area (Å²) in [4.78, 5) is 3.67. The summed E-state index contributed by atoms with van der Waals surface area (Å²) in [6.45, 7) is 1.65. The third-order valence-corrected chi connectivity index (χ3v) is 5.01. The van der Waals surface area contributed by atoms with Crippen LogP contribution >= 0.6 is 0 Å². The predicted octanol–water partition coefficient (Wildman–Crippen LogP) is 4.45. The van der Waals surface area contributed by atoms with Gasteiger partial charge in [-0.25, -0.2) is 0 Å². The van der Waals surface area contributed by atoms with Crippen LogP contribution in [0.15, 0.2) is 48.5 Å². The molecule has 4 rings (SSSR count). The predicted molar refractivity (Wildman–Crippen MR) is 99.3 cm³/mol. The summed E-state index contributed by atoms with van der Waals surface area (Å²) in [7, 11) is 1.75. The van der Waals surface area contributed by atoms with Gasteiger partial charge in [-0.1, -0.05) is 36.4 Å². The zero-order valence-electron chi connectivity index (χ0n) is 14.1. The second-order valence-electron chi connectivity index (χ2n) is 6.54. The van der Waals surface area contributed by atoms with Gasteiger partial charge in [-0.05, 0) is 48.1 Å². The van der Waals surface area contributed by atoms with E-state index >= 15 is 0 Å². The second kappa shape index (κ2) is 6.80. The van der Waals surface area contributed by atoms with Crippen LogP contribution in [0.25, 0.3) is 22.0 Å². The Morgan fingerprint density at radius 1 is 1.12 bits per heavy atom. The van der Waals surface area contributed by atoms with E-state index < -0.39 is 0 Å². The van der Waals surface area contributed by atoms with Gasteiger partial charge in [-0.15, -0.1) is 0 Å². The van der Waals surface area contributed by atoms with Crippen molar-refractivity contribution in [2.24, 2.45) is 0 Å². The Kier molecular flexibility index (Phi) is 4.37. The zero-order valence-corrected chi connectivity index (χ0v) is 14.1. The van der Waals surface area contributed by atoms with Crippen LogP contribution in [0.4, 0.5) is 0 Å². The molecule has 1 unspecified atom stereocenters. The molecule has 0 radical (unpaired) electrons. The van der Waals surface area contributed by atoms with Gasteiger partial charge >= 0.3 is 0 Å². The van der Waals surface area contributed by atoms with Crippen LogP contribution in [0.1, 0.15) is 30.1 Å². The highest BCUT2D eigenvalue weighted by Crippen LogP contribution is 2.36. The molecule has 0 saturated carbocycles. The highest BCUT2D eigenvalue weighted by molar-refractivity contribution is 5.89. The summed E-state index contributed by atoms with van der Waals surface area (Å²) in [6, 6.07) is 17.8. The Labute approximate surface area is 143 Å². The van der Waals surface area contributed by atoms with Crippen LogP contribution in [0.5, 0.6) is 0 Å². The molecule has 1 aromatic heterocycles. The lowest BCUT2D eigenvalue weighted by atomic mass is 9.91. The number of aromatic amines is 1. The Hall–Kier alpha value is -2.10. The summed E-state index contributed by atoms with van der Waals surface area (Å²) < 4.78 is 5.17. The molecule has 1 atom stereocenters. The summed E-state index contributed by atoms with van der Waals surface area (Å²) >= 11 is 0. The number of methoxy groups -OCH3 is 1. The number of hydrogen-bond acceptors (Lipinski definition) is 2. The van der Waals surface area contributed by atoms with E-state index in [0.717, 1.165) is 19.6 Å². The first kappa shape index (κ1) is 15.4. The van der Waals surface area contributed by atoms with E-state index in [4.69, 9.17) is 4.74 Å². The van der Waals surface area contributed by atoms with Gasteiger partial charge in [-0.3, -0.25) is 0 Å². The van der Waals surface area contributed by atoms with Gasteiger partial charge in [0.1, 0.15) is 0 Å². The largest absolute Gasteiger partial charge is 0.383 e. The van der Waals surface area contributed by atoms with Crippen LogP contribution in [0.3, 0.4) is 0 Å². The fraction of sp³-hybridized carbons (Fsp3) is 0.333. The molecule has 0 fully saturated rings. The molecule has 0 aliphatic heterocycles. The van der Waals surface area contributed by atoms with Crippen molar-refractivity contribution in [2.45, 2.75) is 25.3 Å². The highest BCUT2D eigenvalue weighted by atomic mass is 16.5. The van der Waals surface area contributed by atoms with Crippen LogP contribution in [-0.4, -0.2) is 25.2 Å². The smallest absolute Gasteiger partial charge is 0.0587 e. The van der Waals surface area contributed by atoms with Gasteiger partial charge in [0, 0.05) is 36.3 Å². The number of fused-ring (bicyclic) bond motifs is 3. The van der Waals surface area contributed by atoms with Crippen LogP contribution in [0.2, 0.25) is 0 Å². The molecule has 3 heteroatoms. The van der Waals surface area contributed by atoms with Crippen molar-refractivity contribution in [3.05, 3.63) is 59.8 Å². The summed E-state index contributed by atoms with van der Waals surface area (Å²) in [6.07, 6.45) is 3.59. The summed E-state index contributed by atoms with van der Waals surface area (Å²) in [5.74, 6) is 0. The molecule has 3 nitrogen and oxygen atoms in total. The van der Waals surface area contributed by atoms with Crippen molar-refractivity contribution in [3.63, 3.8) is 0 Å². The first-order valence-corrected chi connectivity index (χ1v) is 8.79. The zero-order chi connectivity index (χ0) is 16.4. The Balaban J connectivity index is 1.71. The Morgan fingerprint density at radius 3 is 2.83 bits per heavy atom. The SMILES string of the molecule is COCCNC1CCCc2c1[nH]c1ccc(-c3ccccc3)cc21. The number of H-pyrrole nitrogens is 1. The molecule has 1 aliphatic carbocycles. The molecule has 3 aromatic rings. The van der Waals surface area contributed by atoms with E-state index in [9.17, 15) is 0 Å². The Bertz CT molecular complexity index is 822. The van der Waals surface area contributed by atoms with E-state index in [1.807, 2.05) is 0 Å². The first-order valence-electron chi connectivity index (χ1n) is 8.79. The molecular weight excluding hydrogens is 296 g/mol. The highest BCUT2D eigenvalue weighted by Gasteiger charge is 2.23. The van der Waals surface area contributed by atoms with E-state index in [-0.39, 0.29) is 0 Å². The molecule has 124 valence electrons. The first-order chi connectivity index (χ1) is 11.9. The molecule has 2 N–H and O–H groups in total. The summed E-state index contributed by atoms with van der Waals surface area (Å²) in [5.41, 5.74) is 6.68. The topological polar surface area (TPSA) is 37.0 Å². The Morgan fingerprint density at radius 2 is 2.00 bits per heavy atom. The van der Waals surface area contributed by atoms with Gasteiger partial charge < -0.3 is 15.0 Å². The number of aromatic nitrogens is 1. The van der Waals surface area contributed by atoms with E-state index in [1.165, 1.54) is 46.1 Å². The van der Waals surface area contributed by atoms with E-state index in [0.29, 0.717) is 6.04 Å². The molecule has 0 saturated heterocycles. The molecule has 0 spiro atoms. The maximum atomic E-state index is 5.17. The van der Waals surface area contributed by atoms with Crippen LogP contribution < -0.4 is 5.32 Å². The molecule has 24 heavy (non-hydrogen) atoms. The van der Waals surface area contributed by atoms with Crippen molar-refractivity contribution in [1.29, 1.82) is 0 Å². The van der Waals surface area contributed by atoms with Gasteiger partial charge in [0.25, 0.3) is 0 Å². The fourth-order valence-corrected chi connectivity index (χ4v) is 3.81. The molecule has 0 amide bonds. The van der Waals surface area contributed by atoms with Crippen LogP contribution in [-0.2, 0) is 11.2 Å². The lowest BCUT2D eigenvalue weighted by Crippen LogP contribution is -2.28. The number of benzene rings is 2. The summed E-state index contributed by atoms with van der Waals surface area (Å²) in [5, 5.41) is 5.01. The molecule has 1 aliphatic rings. The average molecular weight is 320 g/mol. The van der Waals surface area contributed by atoms with Crippen molar-refractivity contribution >= 4 is 10.9 Å². The molecular formula is C21H24N2O. The van der Waals surface area contributed by atoms with Crippen molar-refractivity contribution in [2.75, 3.05) is 20.3 Å². The molecule has 2 aromatic carbocycles. The molecule has 1 heterocycles. The van der Waals surface area contributed by atoms with E-state index in [1.54, 1.807) is 7.11 Å². The number of rotatable bonds is 5. The number of aryl methyl sites for hydroxylation is 1. The third-order valence-electron chi connectivity index (χ3n) is 5.01. The molecule has 0 bridgehead atoms.